The maximum absolute atomic E-state index is 12.6. The predicted molar refractivity (Wildman–Crippen MR) is 111 cm³/mol. The fourth-order valence-electron chi connectivity index (χ4n) is 3.59. The molecule has 0 N–H and O–H groups in total. The zero-order valence-electron chi connectivity index (χ0n) is 15.8. The van der Waals surface area contributed by atoms with Crippen LogP contribution in [0, 0.1) is 0 Å². The second kappa shape index (κ2) is 7.60. The Morgan fingerprint density at radius 1 is 0.897 bits per heavy atom. The lowest BCUT2D eigenvalue weighted by Crippen LogP contribution is -2.15. The van der Waals surface area contributed by atoms with E-state index in [1.807, 2.05) is 54.6 Å². The van der Waals surface area contributed by atoms with Crippen LogP contribution in [0.2, 0.25) is 0 Å². The Morgan fingerprint density at radius 2 is 1.72 bits per heavy atom. The van der Waals surface area contributed by atoms with Gasteiger partial charge < -0.3 is 18.6 Å². The van der Waals surface area contributed by atoms with Crippen molar-refractivity contribution in [1.82, 2.24) is 0 Å². The first-order chi connectivity index (χ1) is 14.3. The van der Waals surface area contributed by atoms with E-state index >= 15 is 0 Å². The Hall–Kier alpha value is -3.31. The average Bonchev–Trinajstić information content (AvgIpc) is 3.26. The van der Waals surface area contributed by atoms with Crippen molar-refractivity contribution in [2.45, 2.75) is 19.1 Å². The summed E-state index contributed by atoms with van der Waals surface area (Å²) in [6.07, 6.45) is 0.889. The Kier molecular flexibility index (Phi) is 4.66. The summed E-state index contributed by atoms with van der Waals surface area (Å²) in [6, 6.07) is 21.1. The van der Waals surface area contributed by atoms with E-state index in [1.165, 1.54) is 0 Å². The van der Waals surface area contributed by atoms with Crippen molar-refractivity contribution >= 4 is 21.7 Å². The third-order valence-corrected chi connectivity index (χ3v) is 5.10. The summed E-state index contributed by atoms with van der Waals surface area (Å²) in [7, 11) is 0. The Bertz CT molecular complexity index is 1210. The molecule has 0 saturated carbocycles. The molecule has 5 nitrogen and oxygen atoms in total. The SMILES string of the molecule is O=c1oc2cc(OCc3ccccc3)ccc2c2ccc(OC3CCOC3)cc12. The van der Waals surface area contributed by atoms with Gasteiger partial charge in [0.15, 0.2) is 0 Å². The number of rotatable bonds is 5. The van der Waals surface area contributed by atoms with Gasteiger partial charge in [-0.1, -0.05) is 30.3 Å². The van der Waals surface area contributed by atoms with Gasteiger partial charge in [-0.05, 0) is 35.9 Å². The summed E-state index contributed by atoms with van der Waals surface area (Å²) in [6.45, 7) is 1.74. The third kappa shape index (κ3) is 3.69. The number of hydrogen-bond donors (Lipinski definition) is 0. The van der Waals surface area contributed by atoms with Gasteiger partial charge in [0, 0.05) is 23.3 Å². The van der Waals surface area contributed by atoms with Gasteiger partial charge in [-0.3, -0.25) is 0 Å². The first-order valence-electron chi connectivity index (χ1n) is 9.68. The Balaban J connectivity index is 1.45. The molecule has 3 aromatic carbocycles. The van der Waals surface area contributed by atoms with Crippen LogP contribution < -0.4 is 15.1 Å². The first kappa shape index (κ1) is 17.8. The quantitative estimate of drug-likeness (QED) is 0.367. The van der Waals surface area contributed by atoms with Gasteiger partial charge in [0.25, 0.3) is 0 Å². The van der Waals surface area contributed by atoms with Gasteiger partial charge in [0.1, 0.15) is 29.8 Å². The fraction of sp³-hybridized carbons (Fsp3) is 0.208. The molecule has 1 saturated heterocycles. The van der Waals surface area contributed by atoms with E-state index in [4.69, 9.17) is 18.6 Å². The zero-order valence-corrected chi connectivity index (χ0v) is 15.8. The van der Waals surface area contributed by atoms with Crippen molar-refractivity contribution < 1.29 is 18.6 Å². The molecule has 146 valence electrons. The summed E-state index contributed by atoms with van der Waals surface area (Å²) in [5.74, 6) is 1.31. The van der Waals surface area contributed by atoms with Gasteiger partial charge >= 0.3 is 5.63 Å². The van der Waals surface area contributed by atoms with Crippen molar-refractivity contribution in [2.24, 2.45) is 0 Å². The molecule has 0 radical (unpaired) electrons. The van der Waals surface area contributed by atoms with Gasteiger partial charge in [-0.2, -0.15) is 0 Å². The predicted octanol–water partition coefficient (Wildman–Crippen LogP) is 4.69. The van der Waals surface area contributed by atoms with Crippen LogP contribution in [-0.4, -0.2) is 19.3 Å². The summed E-state index contributed by atoms with van der Waals surface area (Å²) in [4.78, 5) is 12.6. The smallest absolute Gasteiger partial charge is 0.344 e. The van der Waals surface area contributed by atoms with Crippen LogP contribution in [0.3, 0.4) is 0 Å². The monoisotopic (exact) mass is 388 g/mol. The third-order valence-electron chi connectivity index (χ3n) is 5.10. The maximum Gasteiger partial charge on any atom is 0.344 e. The molecule has 0 aliphatic carbocycles. The van der Waals surface area contributed by atoms with Crippen molar-refractivity contribution in [2.75, 3.05) is 13.2 Å². The lowest BCUT2D eigenvalue weighted by molar-refractivity contribution is 0.141. The molecular weight excluding hydrogens is 368 g/mol. The van der Waals surface area contributed by atoms with Crippen LogP contribution >= 0.6 is 0 Å². The van der Waals surface area contributed by atoms with Crippen LogP contribution in [0.1, 0.15) is 12.0 Å². The average molecular weight is 388 g/mol. The molecule has 1 aliphatic rings. The highest BCUT2D eigenvalue weighted by molar-refractivity contribution is 6.04. The Morgan fingerprint density at radius 3 is 2.55 bits per heavy atom. The number of fused-ring (bicyclic) bond motifs is 3. The van der Waals surface area contributed by atoms with E-state index in [9.17, 15) is 4.79 Å². The van der Waals surface area contributed by atoms with Crippen LogP contribution in [-0.2, 0) is 11.3 Å². The second-order valence-corrected chi connectivity index (χ2v) is 7.13. The van der Waals surface area contributed by atoms with Crippen LogP contribution in [0.25, 0.3) is 21.7 Å². The first-order valence-corrected chi connectivity index (χ1v) is 9.68. The lowest BCUT2D eigenvalue weighted by atomic mass is 10.1. The fourth-order valence-corrected chi connectivity index (χ4v) is 3.59. The van der Waals surface area contributed by atoms with Crippen LogP contribution in [0.4, 0.5) is 0 Å². The van der Waals surface area contributed by atoms with Crippen molar-refractivity contribution in [3.8, 4) is 11.5 Å². The standard InChI is InChI=1S/C24H20O5/c25-24-22-12-18(28-19-10-11-26-15-19)7-8-20(22)21-9-6-17(13-23(21)29-24)27-14-16-4-2-1-3-5-16/h1-9,12-13,19H,10-11,14-15H2. The van der Waals surface area contributed by atoms with Gasteiger partial charge in [-0.25, -0.2) is 4.79 Å². The van der Waals surface area contributed by atoms with E-state index < -0.39 is 0 Å². The highest BCUT2D eigenvalue weighted by atomic mass is 16.5. The molecule has 1 unspecified atom stereocenters. The molecule has 0 amide bonds. The Labute approximate surface area is 167 Å². The van der Waals surface area contributed by atoms with Crippen LogP contribution in [0.5, 0.6) is 11.5 Å². The highest BCUT2D eigenvalue weighted by Crippen LogP contribution is 2.29. The minimum atomic E-state index is -0.388. The molecule has 4 aromatic rings. The summed E-state index contributed by atoms with van der Waals surface area (Å²) in [5.41, 5.74) is 1.19. The molecule has 5 rings (SSSR count). The van der Waals surface area contributed by atoms with Crippen molar-refractivity contribution in [3.05, 3.63) is 82.7 Å². The van der Waals surface area contributed by atoms with E-state index in [1.54, 1.807) is 12.1 Å². The molecule has 1 atom stereocenters. The minimum absolute atomic E-state index is 0.0317. The molecular formula is C24H20O5. The molecule has 0 bridgehead atoms. The molecule has 2 heterocycles. The van der Waals surface area contributed by atoms with E-state index in [0.717, 1.165) is 22.8 Å². The lowest BCUT2D eigenvalue weighted by Gasteiger charge is -2.12. The van der Waals surface area contributed by atoms with Gasteiger partial charge in [0.05, 0.1) is 18.6 Å². The minimum Gasteiger partial charge on any atom is -0.489 e. The molecule has 0 spiro atoms. The van der Waals surface area contributed by atoms with Gasteiger partial charge in [-0.15, -0.1) is 0 Å². The van der Waals surface area contributed by atoms with Crippen molar-refractivity contribution in [1.29, 1.82) is 0 Å². The summed E-state index contributed by atoms with van der Waals surface area (Å²) in [5, 5.41) is 2.20. The number of ether oxygens (including phenoxy) is 3. The topological polar surface area (TPSA) is 57.9 Å². The largest absolute Gasteiger partial charge is 0.489 e. The van der Waals surface area contributed by atoms with E-state index in [-0.39, 0.29) is 11.7 Å². The number of hydrogen-bond acceptors (Lipinski definition) is 5. The number of benzene rings is 3. The summed E-state index contributed by atoms with van der Waals surface area (Å²) >= 11 is 0. The molecule has 1 fully saturated rings. The molecule has 1 aromatic heterocycles. The maximum atomic E-state index is 12.6. The van der Waals surface area contributed by atoms with Gasteiger partial charge in [0.2, 0.25) is 0 Å². The van der Waals surface area contributed by atoms with E-state index in [0.29, 0.717) is 42.3 Å². The summed E-state index contributed by atoms with van der Waals surface area (Å²) < 4.78 is 22.7. The van der Waals surface area contributed by atoms with Crippen molar-refractivity contribution in [3.63, 3.8) is 0 Å². The zero-order chi connectivity index (χ0) is 19.6. The second-order valence-electron chi connectivity index (χ2n) is 7.13. The van der Waals surface area contributed by atoms with E-state index in [2.05, 4.69) is 0 Å². The highest BCUT2D eigenvalue weighted by Gasteiger charge is 2.18. The van der Waals surface area contributed by atoms with Crippen LogP contribution in [0.15, 0.2) is 75.9 Å². The molecule has 5 heteroatoms. The normalized spacial score (nSPS) is 16.3. The molecule has 29 heavy (non-hydrogen) atoms. The molecule has 1 aliphatic heterocycles.